The summed E-state index contributed by atoms with van der Waals surface area (Å²) in [5, 5.41) is 7.19. The molecule has 12 heteroatoms. The van der Waals surface area contributed by atoms with Gasteiger partial charge >= 0.3 is 6.09 Å². The van der Waals surface area contributed by atoms with Gasteiger partial charge in [0.15, 0.2) is 11.9 Å². The molecule has 2 aliphatic rings. The highest BCUT2D eigenvalue weighted by atomic mass is 35.5. The smallest absolute Gasteiger partial charge is 0.435 e. The third-order valence-electron chi connectivity index (χ3n) is 7.36. The summed E-state index contributed by atoms with van der Waals surface area (Å²) in [7, 11) is 3.58. The summed E-state index contributed by atoms with van der Waals surface area (Å²) in [5.74, 6) is -0.326. The molecule has 2 aliphatic heterocycles. The molecule has 0 spiro atoms. The van der Waals surface area contributed by atoms with Gasteiger partial charge in [-0.3, -0.25) is 9.59 Å². The van der Waals surface area contributed by atoms with Crippen LogP contribution >= 0.6 is 11.6 Å². The van der Waals surface area contributed by atoms with Crippen molar-refractivity contribution in [1.29, 1.82) is 0 Å². The van der Waals surface area contributed by atoms with Gasteiger partial charge in [-0.25, -0.2) is 4.79 Å². The number of nitrogens with one attached hydrogen (secondary N) is 1. The standard InChI is InChI=1S/C29H33ClN6O5/c1-33-13-15-34(16-14-33)22-10-8-21(9-11-22)27(37)31-26-23-18-35(19-24(23)36(32-26)29(39)41-17-12-30)28(38)25(40-2)20-6-4-3-5-7-20/h3-11,25H,12-19H2,1-2H3,(H,31,32,37)/t25-/m1/s1. The number of anilines is 2. The van der Waals surface area contributed by atoms with Gasteiger partial charge in [0.2, 0.25) is 0 Å². The van der Waals surface area contributed by atoms with E-state index in [4.69, 9.17) is 21.1 Å². The molecule has 3 aromatic rings. The molecule has 2 aromatic carbocycles. The van der Waals surface area contributed by atoms with Crippen LogP contribution in [0, 0.1) is 0 Å². The number of hydrogen-bond donors (Lipinski definition) is 1. The summed E-state index contributed by atoms with van der Waals surface area (Å²) in [6.07, 6.45) is -1.55. The molecule has 5 rings (SSSR count). The van der Waals surface area contributed by atoms with Gasteiger partial charge in [-0.1, -0.05) is 30.3 Å². The van der Waals surface area contributed by atoms with E-state index < -0.39 is 12.2 Å². The summed E-state index contributed by atoms with van der Waals surface area (Å²) in [6, 6.07) is 16.6. The molecule has 1 aromatic heterocycles. The van der Waals surface area contributed by atoms with Gasteiger partial charge in [0.25, 0.3) is 11.8 Å². The molecule has 0 radical (unpaired) electrons. The van der Waals surface area contributed by atoms with Crippen LogP contribution in [0.15, 0.2) is 54.6 Å². The van der Waals surface area contributed by atoms with E-state index in [0.29, 0.717) is 22.4 Å². The Morgan fingerprint density at radius 2 is 1.71 bits per heavy atom. The molecule has 0 aliphatic carbocycles. The first-order valence-electron chi connectivity index (χ1n) is 13.4. The Balaban J connectivity index is 1.35. The minimum absolute atomic E-state index is 0.00122. The van der Waals surface area contributed by atoms with Gasteiger partial charge in [0, 0.05) is 50.1 Å². The third-order valence-corrected chi connectivity index (χ3v) is 7.51. The Morgan fingerprint density at radius 3 is 2.37 bits per heavy atom. The van der Waals surface area contributed by atoms with E-state index in [1.165, 1.54) is 7.11 Å². The fourth-order valence-corrected chi connectivity index (χ4v) is 5.15. The normalized spacial score (nSPS) is 15.9. The van der Waals surface area contributed by atoms with Crippen molar-refractivity contribution in [3.63, 3.8) is 0 Å². The van der Waals surface area contributed by atoms with E-state index in [1.807, 2.05) is 42.5 Å². The number of halogens is 1. The Hall–Kier alpha value is -3.93. The number of piperazine rings is 1. The van der Waals surface area contributed by atoms with E-state index in [0.717, 1.165) is 36.5 Å². The lowest BCUT2D eigenvalue weighted by atomic mass is 10.1. The minimum Gasteiger partial charge on any atom is -0.447 e. The zero-order valence-electron chi connectivity index (χ0n) is 23.1. The fourth-order valence-electron chi connectivity index (χ4n) is 5.08. The van der Waals surface area contributed by atoms with Gasteiger partial charge in [-0.05, 0) is 36.9 Å². The van der Waals surface area contributed by atoms with Crippen LogP contribution in [0.1, 0.15) is 33.3 Å². The second kappa shape index (κ2) is 12.7. The van der Waals surface area contributed by atoms with Crippen LogP contribution in [-0.2, 0) is 27.4 Å². The van der Waals surface area contributed by atoms with Crippen LogP contribution in [-0.4, -0.2) is 90.3 Å². The Morgan fingerprint density at radius 1 is 1.00 bits per heavy atom. The lowest BCUT2D eigenvalue weighted by Gasteiger charge is -2.34. The number of likely N-dealkylation sites (N-methyl/N-ethyl adjacent to an activating group) is 1. The summed E-state index contributed by atoms with van der Waals surface area (Å²) in [6.45, 7) is 4.06. The monoisotopic (exact) mass is 580 g/mol. The summed E-state index contributed by atoms with van der Waals surface area (Å²) >= 11 is 5.70. The highest BCUT2D eigenvalue weighted by molar-refractivity contribution is 6.18. The maximum atomic E-state index is 13.5. The summed E-state index contributed by atoms with van der Waals surface area (Å²) in [4.78, 5) is 45.7. The molecule has 216 valence electrons. The maximum absolute atomic E-state index is 13.5. The molecule has 0 unspecified atom stereocenters. The van der Waals surface area contributed by atoms with Crippen LogP contribution in [0.3, 0.4) is 0 Å². The molecule has 3 heterocycles. The number of carbonyl (C=O) groups is 3. The first-order chi connectivity index (χ1) is 19.9. The molecular weight excluding hydrogens is 548 g/mol. The zero-order valence-corrected chi connectivity index (χ0v) is 23.8. The molecule has 41 heavy (non-hydrogen) atoms. The van der Waals surface area contributed by atoms with Crippen molar-refractivity contribution in [2.24, 2.45) is 0 Å². The Labute approximate surface area is 243 Å². The number of hydrogen-bond acceptors (Lipinski definition) is 8. The third kappa shape index (κ3) is 6.22. The lowest BCUT2D eigenvalue weighted by molar-refractivity contribution is -0.143. The van der Waals surface area contributed by atoms with Gasteiger partial charge in [0.1, 0.15) is 6.61 Å². The average molecular weight is 581 g/mol. The number of ether oxygens (including phenoxy) is 2. The van der Waals surface area contributed by atoms with E-state index in [2.05, 4.69) is 27.3 Å². The Kier molecular flexibility index (Phi) is 8.87. The van der Waals surface area contributed by atoms with E-state index in [-0.39, 0.29) is 43.2 Å². The second-order valence-electron chi connectivity index (χ2n) is 10.0. The van der Waals surface area contributed by atoms with Crippen molar-refractivity contribution >= 4 is 41.0 Å². The van der Waals surface area contributed by atoms with Crippen LogP contribution in [0.5, 0.6) is 0 Å². The van der Waals surface area contributed by atoms with Crippen molar-refractivity contribution in [3.8, 4) is 0 Å². The number of benzene rings is 2. The first-order valence-corrected chi connectivity index (χ1v) is 14.0. The van der Waals surface area contributed by atoms with E-state index >= 15 is 0 Å². The number of alkyl halides is 1. The lowest BCUT2D eigenvalue weighted by Crippen LogP contribution is -2.44. The quantitative estimate of drug-likeness (QED) is 0.404. The molecule has 1 fully saturated rings. The highest BCUT2D eigenvalue weighted by Crippen LogP contribution is 2.32. The molecule has 1 atom stereocenters. The Bertz CT molecular complexity index is 1390. The second-order valence-corrected chi connectivity index (χ2v) is 10.4. The van der Waals surface area contributed by atoms with E-state index in [1.54, 1.807) is 17.0 Å². The van der Waals surface area contributed by atoms with E-state index in [9.17, 15) is 14.4 Å². The van der Waals surface area contributed by atoms with Crippen molar-refractivity contribution < 1.29 is 23.9 Å². The first kappa shape index (κ1) is 28.6. The molecule has 2 amide bonds. The number of fused-ring (bicyclic) bond motifs is 1. The van der Waals surface area contributed by atoms with Crippen molar-refractivity contribution in [3.05, 3.63) is 77.0 Å². The number of nitrogens with zero attached hydrogens (tertiary/aromatic N) is 5. The summed E-state index contributed by atoms with van der Waals surface area (Å²) in [5.41, 5.74) is 3.24. The molecule has 1 saturated heterocycles. The topological polar surface area (TPSA) is 109 Å². The van der Waals surface area contributed by atoms with Crippen molar-refractivity contribution in [1.82, 2.24) is 19.6 Å². The number of aromatic nitrogens is 2. The minimum atomic E-state index is -0.818. The summed E-state index contributed by atoms with van der Waals surface area (Å²) < 4.78 is 11.8. The van der Waals surface area contributed by atoms with Gasteiger partial charge in [-0.2, -0.15) is 4.68 Å². The SMILES string of the molecule is CO[C@@H](C(=O)N1Cc2c(NC(=O)c3ccc(N4CCN(C)CC4)cc3)nn(C(=O)OCCCl)c2C1)c1ccccc1. The van der Waals surface area contributed by atoms with Gasteiger partial charge in [-0.15, -0.1) is 16.7 Å². The number of carbonyl (C=O) groups excluding carboxylic acids is 3. The van der Waals surface area contributed by atoms with Crippen LogP contribution in [0.25, 0.3) is 0 Å². The maximum Gasteiger partial charge on any atom is 0.435 e. The molecular formula is C29H33ClN6O5. The highest BCUT2D eigenvalue weighted by Gasteiger charge is 2.36. The fraction of sp³-hybridized carbons (Fsp3) is 0.379. The van der Waals surface area contributed by atoms with Crippen LogP contribution < -0.4 is 10.2 Å². The van der Waals surface area contributed by atoms with Gasteiger partial charge in [0.05, 0.1) is 24.7 Å². The average Bonchev–Trinajstić information content (AvgIpc) is 3.58. The predicted octanol–water partition coefficient (Wildman–Crippen LogP) is 3.34. The predicted molar refractivity (Wildman–Crippen MR) is 154 cm³/mol. The molecule has 0 bridgehead atoms. The molecule has 1 N–H and O–H groups in total. The zero-order chi connectivity index (χ0) is 28.9. The number of amides is 2. The van der Waals surface area contributed by atoms with Gasteiger partial charge < -0.3 is 29.5 Å². The number of methoxy groups -OCH3 is 1. The molecule has 0 saturated carbocycles. The molecule has 11 nitrogen and oxygen atoms in total. The van der Waals surface area contributed by atoms with Crippen LogP contribution in [0.2, 0.25) is 0 Å². The number of rotatable bonds is 8. The van der Waals surface area contributed by atoms with Crippen molar-refractivity contribution in [2.45, 2.75) is 19.2 Å². The van der Waals surface area contributed by atoms with Crippen molar-refractivity contribution in [2.75, 3.05) is 63.0 Å². The largest absolute Gasteiger partial charge is 0.447 e. The van der Waals surface area contributed by atoms with Crippen LogP contribution in [0.4, 0.5) is 16.3 Å².